The first kappa shape index (κ1) is 15.7. The van der Waals surface area contributed by atoms with Gasteiger partial charge in [-0.05, 0) is 25.1 Å². The summed E-state index contributed by atoms with van der Waals surface area (Å²) in [5.41, 5.74) is 0.207. The van der Waals surface area contributed by atoms with Crippen molar-refractivity contribution in [2.45, 2.75) is 17.9 Å². The molecular formula is C13H19N3O4S. The van der Waals surface area contributed by atoms with Gasteiger partial charge in [-0.3, -0.25) is 4.79 Å². The van der Waals surface area contributed by atoms with E-state index in [2.05, 4.69) is 5.32 Å². The minimum atomic E-state index is -3.86. The molecule has 1 saturated heterocycles. The van der Waals surface area contributed by atoms with Crippen LogP contribution in [0.1, 0.15) is 17.3 Å². The molecule has 1 unspecified atom stereocenters. The van der Waals surface area contributed by atoms with E-state index in [0.29, 0.717) is 25.4 Å². The van der Waals surface area contributed by atoms with Crippen molar-refractivity contribution in [1.82, 2.24) is 10.2 Å². The number of sulfonamides is 1. The fraction of sp³-hybridized carbons (Fsp3) is 0.462. The number of amides is 1. The number of carbonyl (C=O) groups is 1. The van der Waals surface area contributed by atoms with Crippen molar-refractivity contribution in [3.63, 3.8) is 0 Å². The van der Waals surface area contributed by atoms with E-state index in [9.17, 15) is 13.2 Å². The topological polar surface area (TPSA) is 102 Å². The second kappa shape index (κ2) is 6.00. The van der Waals surface area contributed by atoms with Crippen LogP contribution in [0, 0.1) is 0 Å². The number of nitrogens with two attached hydrogens (primary N) is 1. The Morgan fingerprint density at radius 2 is 2.19 bits per heavy atom. The van der Waals surface area contributed by atoms with Gasteiger partial charge in [0.05, 0.1) is 17.6 Å². The molecule has 0 aromatic heterocycles. The Morgan fingerprint density at radius 3 is 2.76 bits per heavy atom. The van der Waals surface area contributed by atoms with Crippen molar-refractivity contribution in [1.29, 1.82) is 0 Å². The maximum absolute atomic E-state index is 12.6. The summed E-state index contributed by atoms with van der Waals surface area (Å²) in [5, 5.41) is 8.36. The molecule has 2 rings (SSSR count). The van der Waals surface area contributed by atoms with Crippen LogP contribution in [0.4, 0.5) is 0 Å². The highest BCUT2D eigenvalue weighted by molar-refractivity contribution is 7.89. The van der Waals surface area contributed by atoms with E-state index < -0.39 is 10.0 Å². The molecule has 1 aliphatic rings. The van der Waals surface area contributed by atoms with Crippen LogP contribution in [-0.4, -0.2) is 52.0 Å². The molecule has 1 atom stereocenters. The average Bonchev–Trinajstić information content (AvgIpc) is 2.44. The van der Waals surface area contributed by atoms with Gasteiger partial charge in [-0.1, -0.05) is 0 Å². The molecule has 1 heterocycles. The molecule has 116 valence electrons. The Kier molecular flexibility index (Phi) is 4.50. The highest BCUT2D eigenvalue weighted by Gasteiger charge is 2.25. The zero-order chi connectivity index (χ0) is 15.6. The van der Waals surface area contributed by atoms with Crippen LogP contribution in [0.15, 0.2) is 23.1 Å². The monoisotopic (exact) mass is 313 g/mol. The quantitative estimate of drug-likeness (QED) is 0.803. The maximum Gasteiger partial charge on any atom is 0.257 e. The van der Waals surface area contributed by atoms with E-state index in [4.69, 9.17) is 9.88 Å². The summed E-state index contributed by atoms with van der Waals surface area (Å²) >= 11 is 0. The molecule has 1 aromatic carbocycles. The van der Waals surface area contributed by atoms with Gasteiger partial charge in [-0.15, -0.1) is 0 Å². The third-order valence-electron chi connectivity index (χ3n) is 3.39. The molecule has 0 aliphatic carbocycles. The number of hydrogen-bond donors (Lipinski definition) is 2. The molecule has 8 heteroatoms. The molecule has 21 heavy (non-hydrogen) atoms. The third-order valence-corrected chi connectivity index (χ3v) is 4.30. The predicted octanol–water partition coefficient (Wildman–Crippen LogP) is -0.223. The number of hydrogen-bond acceptors (Lipinski definition) is 5. The Bertz CT molecular complexity index is 645. The molecule has 7 nitrogen and oxygen atoms in total. The van der Waals surface area contributed by atoms with Crippen molar-refractivity contribution in [2.24, 2.45) is 5.14 Å². The fourth-order valence-corrected chi connectivity index (χ4v) is 2.86. The van der Waals surface area contributed by atoms with Crippen molar-refractivity contribution in [2.75, 3.05) is 26.7 Å². The van der Waals surface area contributed by atoms with Gasteiger partial charge in [0.1, 0.15) is 5.75 Å². The average molecular weight is 313 g/mol. The first-order valence-electron chi connectivity index (χ1n) is 6.56. The Balaban J connectivity index is 2.38. The number of methoxy groups -OCH3 is 1. The van der Waals surface area contributed by atoms with Crippen LogP contribution in [0.25, 0.3) is 0 Å². The van der Waals surface area contributed by atoms with Crippen LogP contribution in [0.5, 0.6) is 5.75 Å². The molecule has 0 spiro atoms. The zero-order valence-electron chi connectivity index (χ0n) is 12.0. The summed E-state index contributed by atoms with van der Waals surface area (Å²) in [6, 6.07) is 4.22. The van der Waals surface area contributed by atoms with Crippen molar-refractivity contribution < 1.29 is 17.9 Å². The number of nitrogens with zero attached hydrogens (tertiary/aromatic N) is 1. The number of primary sulfonamides is 1. The summed E-state index contributed by atoms with van der Waals surface area (Å²) < 4.78 is 28.0. The largest absolute Gasteiger partial charge is 0.496 e. The van der Waals surface area contributed by atoms with Gasteiger partial charge in [0.2, 0.25) is 10.0 Å². The first-order chi connectivity index (χ1) is 9.82. The summed E-state index contributed by atoms with van der Waals surface area (Å²) in [5.74, 6) is 0.0734. The van der Waals surface area contributed by atoms with E-state index in [1.54, 1.807) is 4.90 Å². The summed E-state index contributed by atoms with van der Waals surface area (Å²) in [7, 11) is -2.43. The van der Waals surface area contributed by atoms with E-state index in [-0.39, 0.29) is 22.4 Å². The number of carbonyl (C=O) groups excluding carboxylic acids is 1. The molecule has 0 radical (unpaired) electrons. The zero-order valence-corrected chi connectivity index (χ0v) is 12.8. The van der Waals surface area contributed by atoms with E-state index in [1.807, 2.05) is 6.92 Å². The van der Waals surface area contributed by atoms with Gasteiger partial charge in [-0.2, -0.15) is 0 Å². The maximum atomic E-state index is 12.6. The number of benzene rings is 1. The molecule has 1 aliphatic heterocycles. The normalized spacial score (nSPS) is 19.4. The summed E-state index contributed by atoms with van der Waals surface area (Å²) in [4.78, 5) is 14.2. The number of rotatable bonds is 3. The second-order valence-corrected chi connectivity index (χ2v) is 6.57. The van der Waals surface area contributed by atoms with Crippen LogP contribution >= 0.6 is 0 Å². The lowest BCUT2D eigenvalue weighted by Crippen LogP contribution is -2.51. The van der Waals surface area contributed by atoms with Crippen LogP contribution in [0.2, 0.25) is 0 Å². The fourth-order valence-electron chi connectivity index (χ4n) is 2.32. The minimum Gasteiger partial charge on any atom is -0.496 e. The summed E-state index contributed by atoms with van der Waals surface area (Å²) in [6.07, 6.45) is 0. The third kappa shape index (κ3) is 3.52. The lowest BCUT2D eigenvalue weighted by atomic mass is 10.1. The molecule has 1 fully saturated rings. The van der Waals surface area contributed by atoms with Gasteiger partial charge in [-0.25, -0.2) is 13.6 Å². The van der Waals surface area contributed by atoms with Gasteiger partial charge in [0.15, 0.2) is 0 Å². The predicted molar refractivity (Wildman–Crippen MR) is 77.7 cm³/mol. The molecule has 0 bridgehead atoms. The van der Waals surface area contributed by atoms with Gasteiger partial charge in [0.25, 0.3) is 5.91 Å². The lowest BCUT2D eigenvalue weighted by molar-refractivity contribution is 0.0705. The highest BCUT2D eigenvalue weighted by atomic mass is 32.2. The molecule has 3 N–H and O–H groups in total. The number of nitrogens with one attached hydrogen (secondary N) is 1. The van der Waals surface area contributed by atoms with Crippen molar-refractivity contribution >= 4 is 15.9 Å². The van der Waals surface area contributed by atoms with Crippen LogP contribution < -0.4 is 15.2 Å². The van der Waals surface area contributed by atoms with Crippen molar-refractivity contribution in [3.8, 4) is 5.75 Å². The molecule has 1 aromatic rings. The Hall–Kier alpha value is -1.64. The minimum absolute atomic E-state index is 0.102. The van der Waals surface area contributed by atoms with Crippen molar-refractivity contribution in [3.05, 3.63) is 23.8 Å². The first-order valence-corrected chi connectivity index (χ1v) is 8.11. The lowest BCUT2D eigenvalue weighted by Gasteiger charge is -2.32. The van der Waals surface area contributed by atoms with Gasteiger partial charge >= 0.3 is 0 Å². The highest BCUT2D eigenvalue weighted by Crippen LogP contribution is 2.24. The van der Waals surface area contributed by atoms with Crippen LogP contribution in [0.3, 0.4) is 0 Å². The summed E-state index contributed by atoms with van der Waals surface area (Å²) in [6.45, 7) is 3.80. The van der Waals surface area contributed by atoms with E-state index in [1.165, 1.54) is 25.3 Å². The second-order valence-electron chi connectivity index (χ2n) is 5.01. The van der Waals surface area contributed by atoms with E-state index >= 15 is 0 Å². The molecule has 0 saturated carbocycles. The molecular weight excluding hydrogens is 294 g/mol. The van der Waals surface area contributed by atoms with E-state index in [0.717, 1.165) is 0 Å². The standard InChI is InChI=1S/C13H19N3O4S/c1-9-8-16(6-5-15-9)13(17)11-7-10(21(14,18)19)3-4-12(11)20-2/h3-4,7,9,15H,5-6,8H2,1-2H3,(H2,14,18,19). The number of ether oxygens (including phenoxy) is 1. The number of piperazine rings is 1. The van der Waals surface area contributed by atoms with Gasteiger partial charge in [0, 0.05) is 25.7 Å². The molecule has 1 amide bonds. The Labute approximate surface area is 124 Å². The van der Waals surface area contributed by atoms with Crippen LogP contribution in [-0.2, 0) is 10.0 Å². The smallest absolute Gasteiger partial charge is 0.257 e. The van der Waals surface area contributed by atoms with Gasteiger partial charge < -0.3 is 15.0 Å². The SMILES string of the molecule is COc1ccc(S(N)(=O)=O)cc1C(=O)N1CCNC(C)C1. The Morgan fingerprint density at radius 1 is 1.48 bits per heavy atom.